The second-order valence-electron chi connectivity index (χ2n) is 4.83. The van der Waals surface area contributed by atoms with Gasteiger partial charge in [-0.1, -0.05) is 30.3 Å². The van der Waals surface area contributed by atoms with Crippen LogP contribution in [0.3, 0.4) is 0 Å². The topological polar surface area (TPSA) is 30.5 Å². The third kappa shape index (κ3) is 3.05. The minimum absolute atomic E-state index is 0.664. The molecule has 3 nitrogen and oxygen atoms in total. The molecule has 4 rings (SSSR count). The number of anilines is 1. The highest BCUT2D eigenvalue weighted by Gasteiger charge is 2.08. The van der Waals surface area contributed by atoms with Gasteiger partial charge in [0.15, 0.2) is 11.5 Å². The van der Waals surface area contributed by atoms with Crippen molar-refractivity contribution in [2.24, 2.45) is 0 Å². The number of aryl methyl sites for hydroxylation is 1. The lowest BCUT2D eigenvalue weighted by Crippen LogP contribution is -2.14. The average molecular weight is 269 g/mol. The van der Waals surface area contributed by atoms with Gasteiger partial charge in [0.2, 0.25) is 0 Å². The number of para-hydroxylation sites is 3. The third-order valence-electron chi connectivity index (χ3n) is 3.40. The Morgan fingerprint density at radius 2 is 1.45 bits per heavy atom. The molecule has 0 spiro atoms. The molecule has 0 amide bonds. The molecular formula is C17H19NO2. The fraction of sp³-hybridized carbons (Fsp3) is 0.294. The van der Waals surface area contributed by atoms with Crippen LogP contribution in [-0.4, -0.2) is 19.8 Å². The van der Waals surface area contributed by atoms with Gasteiger partial charge in [0.25, 0.3) is 0 Å². The monoisotopic (exact) mass is 269 g/mol. The maximum Gasteiger partial charge on any atom is 0.161 e. The van der Waals surface area contributed by atoms with E-state index in [1.165, 1.54) is 24.1 Å². The van der Waals surface area contributed by atoms with Gasteiger partial charge in [-0.05, 0) is 36.6 Å². The number of benzene rings is 2. The lowest BCUT2D eigenvalue weighted by atomic mass is 10.0. The predicted molar refractivity (Wildman–Crippen MR) is 80.7 cm³/mol. The highest BCUT2D eigenvalue weighted by Crippen LogP contribution is 2.28. The van der Waals surface area contributed by atoms with Crippen LogP contribution in [0.1, 0.15) is 12.0 Å². The fourth-order valence-electron chi connectivity index (χ4n) is 2.40. The zero-order valence-corrected chi connectivity index (χ0v) is 11.5. The Morgan fingerprint density at radius 3 is 2.15 bits per heavy atom. The van der Waals surface area contributed by atoms with E-state index in [4.69, 9.17) is 9.47 Å². The molecular weight excluding hydrogens is 250 g/mol. The number of ether oxygens (including phenoxy) is 2. The molecule has 2 heterocycles. The Kier molecular flexibility index (Phi) is 4.07. The molecule has 1 N–H and O–H groups in total. The molecule has 0 unspecified atom stereocenters. The van der Waals surface area contributed by atoms with Gasteiger partial charge < -0.3 is 14.8 Å². The molecule has 0 aromatic heterocycles. The minimum atomic E-state index is 0.664. The van der Waals surface area contributed by atoms with Crippen molar-refractivity contribution in [2.45, 2.75) is 12.8 Å². The van der Waals surface area contributed by atoms with Gasteiger partial charge in [-0.15, -0.1) is 0 Å². The molecule has 0 bridgehead atoms. The van der Waals surface area contributed by atoms with E-state index >= 15 is 0 Å². The number of rotatable bonds is 0. The molecule has 0 saturated heterocycles. The van der Waals surface area contributed by atoms with Gasteiger partial charge in [-0.3, -0.25) is 0 Å². The summed E-state index contributed by atoms with van der Waals surface area (Å²) in [6.45, 7) is 2.46. The Bertz CT molecular complexity index is 467. The van der Waals surface area contributed by atoms with E-state index in [1.54, 1.807) is 0 Å². The van der Waals surface area contributed by atoms with Gasteiger partial charge in [-0.25, -0.2) is 0 Å². The molecule has 0 atom stereocenters. The van der Waals surface area contributed by atoms with Gasteiger partial charge in [-0.2, -0.15) is 0 Å². The third-order valence-corrected chi connectivity index (χ3v) is 3.40. The molecule has 2 aromatic carbocycles. The van der Waals surface area contributed by atoms with Crippen molar-refractivity contribution in [3.63, 3.8) is 0 Å². The molecule has 3 heteroatoms. The lowest BCUT2D eigenvalue weighted by molar-refractivity contribution is 0.171. The van der Waals surface area contributed by atoms with Gasteiger partial charge in [0.05, 0.1) is 0 Å². The summed E-state index contributed by atoms with van der Waals surface area (Å²) in [6.07, 6.45) is 2.51. The zero-order valence-electron chi connectivity index (χ0n) is 11.5. The van der Waals surface area contributed by atoms with E-state index < -0.39 is 0 Å². The van der Waals surface area contributed by atoms with E-state index in [2.05, 4.69) is 29.6 Å². The van der Waals surface area contributed by atoms with Crippen LogP contribution in [0, 0.1) is 0 Å². The number of hydrogen-bond donors (Lipinski definition) is 1. The zero-order chi connectivity index (χ0) is 13.6. The van der Waals surface area contributed by atoms with Crippen LogP contribution in [0.4, 0.5) is 5.69 Å². The van der Waals surface area contributed by atoms with Crippen molar-refractivity contribution in [3.05, 3.63) is 54.1 Å². The van der Waals surface area contributed by atoms with Crippen molar-refractivity contribution in [3.8, 4) is 11.5 Å². The first-order chi connectivity index (χ1) is 9.93. The van der Waals surface area contributed by atoms with Crippen molar-refractivity contribution >= 4 is 5.69 Å². The first-order valence-corrected chi connectivity index (χ1v) is 7.10. The van der Waals surface area contributed by atoms with Gasteiger partial charge >= 0.3 is 0 Å². The molecule has 0 saturated carbocycles. The summed E-state index contributed by atoms with van der Waals surface area (Å²) in [6, 6.07) is 16.2. The van der Waals surface area contributed by atoms with Crippen LogP contribution in [0.5, 0.6) is 11.5 Å². The van der Waals surface area contributed by atoms with Crippen LogP contribution in [0.15, 0.2) is 48.5 Å². The summed E-state index contributed by atoms with van der Waals surface area (Å²) in [5, 5.41) is 3.36. The summed E-state index contributed by atoms with van der Waals surface area (Å²) in [7, 11) is 0. The normalized spacial score (nSPS) is 15.2. The standard InChI is InChI=1S/C9H11N.C8H8O2/c1-2-6-9-8(4-1)5-3-7-10-9;1-2-4-8-7(3-1)9-5-6-10-8/h1-2,4,6,10H,3,5,7H2;1-4H,5-6H2. The van der Waals surface area contributed by atoms with E-state index in [0.29, 0.717) is 13.2 Å². The Labute approximate surface area is 119 Å². The Balaban J connectivity index is 0.000000121. The quantitative estimate of drug-likeness (QED) is 0.794. The van der Waals surface area contributed by atoms with Crippen molar-refractivity contribution in [1.82, 2.24) is 0 Å². The predicted octanol–water partition coefficient (Wildman–Crippen LogP) is 3.50. The number of fused-ring (bicyclic) bond motifs is 2. The van der Waals surface area contributed by atoms with Gasteiger partial charge in [0.1, 0.15) is 13.2 Å². The van der Waals surface area contributed by atoms with Crippen LogP contribution in [0.25, 0.3) is 0 Å². The molecule has 2 aliphatic rings. The SMILES string of the molecule is c1ccc2c(c1)CCCN2.c1ccc2c(c1)OCCO2. The highest BCUT2D eigenvalue weighted by atomic mass is 16.6. The largest absolute Gasteiger partial charge is 0.486 e. The Morgan fingerprint density at radius 1 is 0.800 bits per heavy atom. The summed E-state index contributed by atoms with van der Waals surface area (Å²) < 4.78 is 10.6. The number of hydrogen-bond acceptors (Lipinski definition) is 3. The van der Waals surface area contributed by atoms with Crippen molar-refractivity contribution in [2.75, 3.05) is 25.1 Å². The van der Waals surface area contributed by atoms with Crippen LogP contribution in [0.2, 0.25) is 0 Å². The van der Waals surface area contributed by atoms with Crippen LogP contribution >= 0.6 is 0 Å². The number of nitrogens with one attached hydrogen (secondary N) is 1. The first kappa shape index (κ1) is 12.9. The minimum Gasteiger partial charge on any atom is -0.486 e. The molecule has 2 aliphatic heterocycles. The van der Waals surface area contributed by atoms with Crippen molar-refractivity contribution < 1.29 is 9.47 Å². The molecule has 0 fully saturated rings. The summed E-state index contributed by atoms with van der Waals surface area (Å²) in [4.78, 5) is 0. The molecule has 2 aromatic rings. The molecule has 20 heavy (non-hydrogen) atoms. The molecule has 0 aliphatic carbocycles. The van der Waals surface area contributed by atoms with E-state index in [9.17, 15) is 0 Å². The lowest BCUT2D eigenvalue weighted by Gasteiger charge is -2.17. The second-order valence-corrected chi connectivity index (χ2v) is 4.83. The molecule has 104 valence electrons. The summed E-state index contributed by atoms with van der Waals surface area (Å²) in [5.41, 5.74) is 2.79. The van der Waals surface area contributed by atoms with Crippen molar-refractivity contribution in [1.29, 1.82) is 0 Å². The average Bonchev–Trinajstić information content (AvgIpc) is 2.56. The Hall–Kier alpha value is -2.16. The van der Waals surface area contributed by atoms with E-state index in [1.807, 2.05) is 24.3 Å². The first-order valence-electron chi connectivity index (χ1n) is 7.10. The maximum absolute atomic E-state index is 5.30. The maximum atomic E-state index is 5.30. The molecule has 0 radical (unpaired) electrons. The van der Waals surface area contributed by atoms with Gasteiger partial charge in [0, 0.05) is 12.2 Å². The second kappa shape index (κ2) is 6.33. The fourth-order valence-corrected chi connectivity index (χ4v) is 2.40. The highest BCUT2D eigenvalue weighted by molar-refractivity contribution is 5.52. The van der Waals surface area contributed by atoms with Crippen LogP contribution < -0.4 is 14.8 Å². The smallest absolute Gasteiger partial charge is 0.161 e. The van der Waals surface area contributed by atoms with E-state index in [0.717, 1.165) is 18.0 Å². The van der Waals surface area contributed by atoms with E-state index in [-0.39, 0.29) is 0 Å². The summed E-state index contributed by atoms with van der Waals surface area (Å²) >= 11 is 0. The summed E-state index contributed by atoms with van der Waals surface area (Å²) in [5.74, 6) is 1.71. The van der Waals surface area contributed by atoms with Crippen LogP contribution in [-0.2, 0) is 6.42 Å².